The van der Waals surface area contributed by atoms with Gasteiger partial charge in [0.05, 0.1) is 0 Å². The van der Waals surface area contributed by atoms with Gasteiger partial charge in [0.15, 0.2) is 0 Å². The smallest absolute Gasteiger partial charge is 0.202 e. The van der Waals surface area contributed by atoms with Crippen molar-refractivity contribution in [2.45, 2.75) is 51.9 Å². The molecule has 92 valence electrons. The summed E-state index contributed by atoms with van der Waals surface area (Å²) >= 11 is 0. The highest BCUT2D eigenvalue weighted by atomic mass is 14.9. The van der Waals surface area contributed by atoms with Gasteiger partial charge in [-0.05, 0) is 36.5 Å². The third kappa shape index (κ3) is 4.49. The van der Waals surface area contributed by atoms with Crippen LogP contribution >= 0.6 is 0 Å². The minimum atomic E-state index is 0.760. The van der Waals surface area contributed by atoms with Crippen LogP contribution in [-0.2, 0) is 0 Å². The maximum absolute atomic E-state index is 2.31. The highest BCUT2D eigenvalue weighted by Gasteiger charge is 2.10. The van der Waals surface area contributed by atoms with E-state index in [2.05, 4.69) is 58.8 Å². The number of nitrogens with zero attached hydrogens (tertiary/aromatic N) is 1. The van der Waals surface area contributed by atoms with Gasteiger partial charge in [-0.15, -0.1) is 0 Å². The van der Waals surface area contributed by atoms with Crippen LogP contribution in [0, 0.1) is 0 Å². The van der Waals surface area contributed by atoms with Crippen molar-refractivity contribution in [1.82, 2.24) is 0 Å². The van der Waals surface area contributed by atoms with Gasteiger partial charge >= 0.3 is 0 Å². The van der Waals surface area contributed by atoms with Crippen LogP contribution in [-0.4, -0.2) is 16.0 Å². The van der Waals surface area contributed by atoms with Crippen molar-refractivity contribution in [3.05, 3.63) is 29.8 Å². The molecular weight excluding hydrogens is 204 g/mol. The fourth-order valence-corrected chi connectivity index (χ4v) is 2.32. The second-order valence-electron chi connectivity index (χ2n) is 5.11. The van der Waals surface area contributed by atoms with E-state index in [-0.39, 0.29) is 0 Å². The molecule has 0 saturated carbocycles. The first-order valence-electron chi connectivity index (χ1n) is 6.96. The highest BCUT2D eigenvalue weighted by molar-refractivity contribution is 6.41. The summed E-state index contributed by atoms with van der Waals surface area (Å²) in [5.41, 5.74) is 2.81. The van der Waals surface area contributed by atoms with E-state index in [9.17, 15) is 0 Å². The molecule has 0 heterocycles. The molecule has 1 aromatic carbocycles. The van der Waals surface area contributed by atoms with Gasteiger partial charge in [0.2, 0.25) is 16.0 Å². The molecule has 1 atom stereocenters. The van der Waals surface area contributed by atoms with Gasteiger partial charge in [0.25, 0.3) is 0 Å². The third-order valence-corrected chi connectivity index (χ3v) is 3.42. The molecule has 0 aliphatic heterocycles. The van der Waals surface area contributed by atoms with Crippen molar-refractivity contribution >= 4 is 21.6 Å². The Labute approximate surface area is 108 Å². The number of hydrogen-bond donors (Lipinski definition) is 0. The van der Waals surface area contributed by atoms with Crippen LogP contribution in [0.2, 0.25) is 0 Å². The molecule has 0 radical (unpaired) electrons. The normalized spacial score (nSPS) is 12.4. The van der Waals surface area contributed by atoms with Crippen molar-refractivity contribution in [3.63, 3.8) is 0 Å². The van der Waals surface area contributed by atoms with E-state index in [4.69, 9.17) is 0 Å². The second kappa shape index (κ2) is 7.47. The summed E-state index contributed by atoms with van der Waals surface area (Å²) in [5.74, 6) is 0.760. The quantitative estimate of drug-likeness (QED) is 0.649. The van der Waals surface area contributed by atoms with E-state index in [1.165, 1.54) is 43.4 Å². The van der Waals surface area contributed by atoms with Crippen molar-refractivity contribution in [2.75, 3.05) is 4.72 Å². The van der Waals surface area contributed by atoms with Gasteiger partial charge in [-0.3, -0.25) is 0 Å². The van der Waals surface area contributed by atoms with E-state index in [1.54, 1.807) is 0 Å². The van der Waals surface area contributed by atoms with Gasteiger partial charge < -0.3 is 4.72 Å². The fraction of sp³-hybridized carbons (Fsp3) is 0.571. The summed E-state index contributed by atoms with van der Waals surface area (Å²) in [7, 11) is 4.19. The zero-order chi connectivity index (χ0) is 12.7. The molecule has 0 aliphatic carbocycles. The van der Waals surface area contributed by atoms with E-state index in [1.807, 2.05) is 0 Å². The zero-order valence-electron chi connectivity index (χ0n) is 11.9. The van der Waals surface area contributed by atoms with Gasteiger partial charge in [-0.1, -0.05) is 45.2 Å². The van der Waals surface area contributed by atoms with Crippen molar-refractivity contribution in [2.24, 2.45) is 0 Å². The summed E-state index contributed by atoms with van der Waals surface area (Å²) in [5, 5.41) is 0. The Hall–Kier alpha value is -0.850. The van der Waals surface area contributed by atoms with Crippen molar-refractivity contribution in [3.8, 4) is 0 Å². The molecule has 0 spiro atoms. The van der Waals surface area contributed by atoms with E-state index in [0.717, 1.165) is 5.92 Å². The first-order chi connectivity index (χ1) is 8.19. The number of benzene rings is 1. The van der Waals surface area contributed by atoms with Crippen LogP contribution in [0.4, 0.5) is 5.69 Å². The first kappa shape index (κ1) is 14.2. The summed E-state index contributed by atoms with van der Waals surface area (Å²) in [4.78, 5) is 0. The monoisotopic (exact) mass is 229 g/mol. The molecule has 1 unspecified atom stereocenters. The summed E-state index contributed by atoms with van der Waals surface area (Å²) < 4.78 is 2.16. The lowest BCUT2D eigenvalue weighted by Gasteiger charge is -2.19. The lowest BCUT2D eigenvalue weighted by molar-refractivity contribution is 0.541. The summed E-state index contributed by atoms with van der Waals surface area (Å²) in [6, 6.07) is 9.10. The average Bonchev–Trinajstić information content (AvgIpc) is 2.34. The molecule has 1 rings (SSSR count). The van der Waals surface area contributed by atoms with Crippen LogP contribution in [0.3, 0.4) is 0 Å². The Bertz CT molecular complexity index is 309. The molecule has 3 heteroatoms. The van der Waals surface area contributed by atoms with Gasteiger partial charge in [0.1, 0.15) is 0 Å². The largest absolute Gasteiger partial charge is 0.472 e. The highest BCUT2D eigenvalue weighted by Crippen LogP contribution is 2.28. The Morgan fingerprint density at radius 1 is 1.00 bits per heavy atom. The van der Waals surface area contributed by atoms with Crippen LogP contribution < -0.4 is 4.72 Å². The predicted molar refractivity (Wildman–Crippen MR) is 83.2 cm³/mol. The third-order valence-electron chi connectivity index (χ3n) is 3.42. The van der Waals surface area contributed by atoms with Crippen LogP contribution in [0.1, 0.15) is 57.4 Å². The minimum absolute atomic E-state index is 0.760. The lowest BCUT2D eigenvalue weighted by atomic mass is 9.89. The number of hydrogen-bond acceptors (Lipinski definition) is 1. The molecule has 0 N–H and O–H groups in total. The van der Waals surface area contributed by atoms with E-state index >= 15 is 0 Å². The van der Waals surface area contributed by atoms with Gasteiger partial charge in [-0.25, -0.2) is 0 Å². The average molecular weight is 229 g/mol. The molecule has 0 saturated heterocycles. The standard InChI is InChI=1S/C14H25B2N/c1-3-5-7-12(6-4-2)13-8-10-14(11-9-13)17(15)16/h8-12H,3-7,15-16H2,1-2H3. The van der Waals surface area contributed by atoms with Crippen LogP contribution in [0.25, 0.3) is 0 Å². The first-order valence-corrected chi connectivity index (χ1v) is 6.96. The number of rotatable bonds is 7. The van der Waals surface area contributed by atoms with Crippen LogP contribution in [0.5, 0.6) is 0 Å². The molecule has 0 amide bonds. The number of anilines is 1. The molecule has 0 fully saturated rings. The van der Waals surface area contributed by atoms with Gasteiger partial charge in [-0.2, -0.15) is 0 Å². The molecule has 17 heavy (non-hydrogen) atoms. The topological polar surface area (TPSA) is 3.24 Å². The molecule has 0 aliphatic rings. The van der Waals surface area contributed by atoms with E-state index in [0.29, 0.717) is 0 Å². The maximum Gasteiger partial charge on any atom is 0.202 e. The molecule has 1 aromatic rings. The maximum atomic E-state index is 2.31. The molecule has 0 bridgehead atoms. The Morgan fingerprint density at radius 3 is 2.12 bits per heavy atom. The lowest BCUT2D eigenvalue weighted by Crippen LogP contribution is -2.13. The molecule has 0 aromatic heterocycles. The Balaban J connectivity index is 2.72. The van der Waals surface area contributed by atoms with Crippen molar-refractivity contribution in [1.29, 1.82) is 0 Å². The Morgan fingerprint density at radius 2 is 1.65 bits per heavy atom. The molecule has 1 nitrogen and oxygen atoms in total. The predicted octanol–water partition coefficient (Wildman–Crippen LogP) is 2.66. The second-order valence-corrected chi connectivity index (χ2v) is 5.11. The van der Waals surface area contributed by atoms with Crippen LogP contribution in [0.15, 0.2) is 24.3 Å². The Kier molecular flexibility index (Phi) is 6.25. The SMILES string of the molecule is BN(B)c1ccc(C(CCC)CCCC)cc1. The van der Waals surface area contributed by atoms with E-state index < -0.39 is 0 Å². The summed E-state index contributed by atoms with van der Waals surface area (Å²) in [6.07, 6.45) is 6.59. The van der Waals surface area contributed by atoms with Crippen molar-refractivity contribution < 1.29 is 0 Å². The molecular formula is C14H25B2N. The number of unbranched alkanes of at least 4 members (excludes halogenated alkanes) is 1. The minimum Gasteiger partial charge on any atom is -0.472 e. The van der Waals surface area contributed by atoms with Gasteiger partial charge in [0, 0.05) is 5.69 Å². The zero-order valence-corrected chi connectivity index (χ0v) is 11.9. The summed E-state index contributed by atoms with van der Waals surface area (Å²) in [6.45, 7) is 4.56. The fourth-order valence-electron chi connectivity index (χ4n) is 2.32.